The standard InChI is InChI=1S/C31H30N2O2S/c1-24-12-14-25(15-13-24)22-33(31(35)32-20-21-36-23-26-8-4-2-5-9-26)30(34)29-18-16-28(17-19-29)27-10-6-3-7-11-27/h2-19H,20-23H2,1H3,(H,32,35). The van der Waals surface area contributed by atoms with Gasteiger partial charge in [-0.2, -0.15) is 11.8 Å². The van der Waals surface area contributed by atoms with E-state index in [1.165, 1.54) is 10.5 Å². The molecule has 5 heteroatoms. The summed E-state index contributed by atoms with van der Waals surface area (Å²) in [5.41, 5.74) is 5.88. The molecule has 0 heterocycles. The van der Waals surface area contributed by atoms with E-state index in [4.69, 9.17) is 0 Å². The van der Waals surface area contributed by atoms with Crippen molar-refractivity contribution in [3.05, 3.63) is 131 Å². The summed E-state index contributed by atoms with van der Waals surface area (Å²) in [6.45, 7) is 2.71. The molecule has 1 N–H and O–H groups in total. The summed E-state index contributed by atoms with van der Waals surface area (Å²) in [5.74, 6) is 1.33. The molecule has 0 aromatic heterocycles. The van der Waals surface area contributed by atoms with Gasteiger partial charge in [0.2, 0.25) is 0 Å². The number of carbonyl (C=O) groups excluding carboxylic acids is 2. The predicted octanol–water partition coefficient (Wildman–Crippen LogP) is 6.95. The first-order valence-electron chi connectivity index (χ1n) is 12.0. The highest BCUT2D eigenvalue weighted by molar-refractivity contribution is 7.98. The minimum Gasteiger partial charge on any atom is -0.337 e. The zero-order valence-corrected chi connectivity index (χ0v) is 21.2. The topological polar surface area (TPSA) is 49.4 Å². The van der Waals surface area contributed by atoms with E-state index in [9.17, 15) is 9.59 Å². The SMILES string of the molecule is Cc1ccc(CN(C(=O)NCCSCc2ccccc2)C(=O)c2ccc(-c3ccccc3)cc2)cc1. The quantitative estimate of drug-likeness (QED) is 0.256. The Morgan fingerprint density at radius 3 is 2.00 bits per heavy atom. The van der Waals surface area contributed by atoms with Gasteiger partial charge >= 0.3 is 6.03 Å². The van der Waals surface area contributed by atoms with Gasteiger partial charge in [-0.25, -0.2) is 4.79 Å². The number of imide groups is 1. The van der Waals surface area contributed by atoms with Gasteiger partial charge in [0.25, 0.3) is 5.91 Å². The number of hydrogen-bond acceptors (Lipinski definition) is 3. The van der Waals surface area contributed by atoms with Crippen LogP contribution in [0.15, 0.2) is 109 Å². The first kappa shape index (κ1) is 25.3. The molecule has 36 heavy (non-hydrogen) atoms. The van der Waals surface area contributed by atoms with Gasteiger partial charge in [-0.05, 0) is 41.3 Å². The zero-order valence-electron chi connectivity index (χ0n) is 20.4. The molecule has 4 nitrogen and oxygen atoms in total. The molecule has 0 atom stereocenters. The van der Waals surface area contributed by atoms with E-state index in [2.05, 4.69) is 17.4 Å². The summed E-state index contributed by atoms with van der Waals surface area (Å²) in [6.07, 6.45) is 0. The molecule has 0 spiro atoms. The van der Waals surface area contributed by atoms with E-state index in [0.29, 0.717) is 12.1 Å². The maximum Gasteiger partial charge on any atom is 0.324 e. The molecular formula is C31H30N2O2S. The maximum atomic E-state index is 13.4. The number of rotatable bonds is 9. The molecule has 0 fully saturated rings. The van der Waals surface area contributed by atoms with Gasteiger partial charge in [0.15, 0.2) is 0 Å². The van der Waals surface area contributed by atoms with Gasteiger partial charge in [-0.1, -0.05) is 103 Å². The molecule has 0 aliphatic rings. The van der Waals surface area contributed by atoms with Crippen LogP contribution in [0.3, 0.4) is 0 Å². The number of amides is 3. The number of hydrogen-bond donors (Lipinski definition) is 1. The van der Waals surface area contributed by atoms with Crippen molar-refractivity contribution in [2.24, 2.45) is 0 Å². The van der Waals surface area contributed by atoms with E-state index in [-0.39, 0.29) is 18.5 Å². The first-order chi connectivity index (χ1) is 17.6. The zero-order chi connectivity index (χ0) is 25.2. The average Bonchev–Trinajstić information content (AvgIpc) is 2.93. The summed E-state index contributed by atoms with van der Waals surface area (Å²) in [6, 6.07) is 35.2. The number of urea groups is 1. The van der Waals surface area contributed by atoms with Gasteiger partial charge < -0.3 is 5.32 Å². The van der Waals surface area contributed by atoms with Gasteiger partial charge in [-0.15, -0.1) is 0 Å². The van der Waals surface area contributed by atoms with Crippen molar-refractivity contribution in [3.8, 4) is 11.1 Å². The number of aryl methyl sites for hydroxylation is 1. The fraction of sp³-hybridized carbons (Fsp3) is 0.161. The predicted molar refractivity (Wildman–Crippen MR) is 149 cm³/mol. The summed E-state index contributed by atoms with van der Waals surface area (Å²) in [5, 5.41) is 2.93. The Balaban J connectivity index is 1.42. The third kappa shape index (κ3) is 7.09. The van der Waals surface area contributed by atoms with Crippen molar-refractivity contribution in [2.45, 2.75) is 19.2 Å². The minimum absolute atomic E-state index is 0.211. The van der Waals surface area contributed by atoms with Gasteiger partial charge in [0.05, 0.1) is 6.54 Å². The Bertz CT molecular complexity index is 1260. The van der Waals surface area contributed by atoms with Crippen LogP contribution in [0, 0.1) is 6.92 Å². The molecule has 4 aromatic carbocycles. The van der Waals surface area contributed by atoms with E-state index in [1.54, 1.807) is 23.9 Å². The Kier molecular flexibility index (Phi) is 8.95. The molecule has 0 aliphatic heterocycles. The normalized spacial score (nSPS) is 10.6. The third-order valence-corrected chi connectivity index (χ3v) is 6.86. The fourth-order valence-electron chi connectivity index (χ4n) is 3.79. The van der Waals surface area contributed by atoms with Crippen LogP contribution in [0.25, 0.3) is 11.1 Å². The van der Waals surface area contributed by atoms with Crippen LogP contribution in [-0.2, 0) is 12.3 Å². The highest BCUT2D eigenvalue weighted by Crippen LogP contribution is 2.20. The number of benzene rings is 4. The lowest BCUT2D eigenvalue weighted by Gasteiger charge is -2.22. The first-order valence-corrected chi connectivity index (χ1v) is 13.2. The molecule has 0 radical (unpaired) electrons. The lowest BCUT2D eigenvalue weighted by Crippen LogP contribution is -2.44. The molecule has 0 bridgehead atoms. The highest BCUT2D eigenvalue weighted by atomic mass is 32.2. The molecule has 0 aliphatic carbocycles. The van der Waals surface area contributed by atoms with Crippen molar-refractivity contribution in [1.29, 1.82) is 0 Å². The average molecular weight is 495 g/mol. The Morgan fingerprint density at radius 2 is 1.33 bits per heavy atom. The van der Waals surface area contributed by atoms with Crippen LogP contribution in [0.4, 0.5) is 4.79 Å². The molecule has 182 valence electrons. The molecule has 3 amide bonds. The minimum atomic E-state index is -0.381. The lowest BCUT2D eigenvalue weighted by molar-refractivity contribution is 0.0791. The second-order valence-electron chi connectivity index (χ2n) is 8.59. The number of thioether (sulfide) groups is 1. The van der Waals surface area contributed by atoms with Crippen LogP contribution in [0.5, 0.6) is 0 Å². The number of carbonyl (C=O) groups is 2. The van der Waals surface area contributed by atoms with E-state index < -0.39 is 0 Å². The second kappa shape index (κ2) is 12.8. The Labute approximate surface area is 217 Å². The van der Waals surface area contributed by atoms with Crippen LogP contribution in [0.1, 0.15) is 27.0 Å². The smallest absolute Gasteiger partial charge is 0.324 e. The molecule has 0 saturated carbocycles. The van der Waals surface area contributed by atoms with E-state index >= 15 is 0 Å². The summed E-state index contributed by atoms with van der Waals surface area (Å²) in [4.78, 5) is 27.9. The van der Waals surface area contributed by atoms with Crippen LogP contribution >= 0.6 is 11.8 Å². The van der Waals surface area contributed by atoms with Crippen molar-refractivity contribution < 1.29 is 9.59 Å². The second-order valence-corrected chi connectivity index (χ2v) is 9.70. The number of nitrogens with one attached hydrogen (secondary N) is 1. The largest absolute Gasteiger partial charge is 0.337 e. The monoisotopic (exact) mass is 494 g/mol. The van der Waals surface area contributed by atoms with Crippen molar-refractivity contribution in [1.82, 2.24) is 10.2 Å². The molecule has 0 unspecified atom stereocenters. The van der Waals surface area contributed by atoms with Gasteiger partial charge in [0.1, 0.15) is 0 Å². The maximum absolute atomic E-state index is 13.4. The van der Waals surface area contributed by atoms with Crippen LogP contribution in [-0.4, -0.2) is 29.1 Å². The van der Waals surface area contributed by atoms with Crippen molar-refractivity contribution >= 4 is 23.7 Å². The van der Waals surface area contributed by atoms with Crippen molar-refractivity contribution in [3.63, 3.8) is 0 Å². The molecule has 4 rings (SSSR count). The third-order valence-electron chi connectivity index (χ3n) is 5.82. The summed E-state index contributed by atoms with van der Waals surface area (Å²) < 4.78 is 0. The lowest BCUT2D eigenvalue weighted by atomic mass is 10.0. The molecular weight excluding hydrogens is 464 g/mol. The van der Waals surface area contributed by atoms with Gasteiger partial charge in [0, 0.05) is 23.6 Å². The highest BCUT2D eigenvalue weighted by Gasteiger charge is 2.23. The number of nitrogens with zero attached hydrogens (tertiary/aromatic N) is 1. The Morgan fingerprint density at radius 1 is 0.722 bits per heavy atom. The van der Waals surface area contributed by atoms with Crippen molar-refractivity contribution in [2.75, 3.05) is 12.3 Å². The van der Waals surface area contributed by atoms with E-state index in [0.717, 1.165) is 33.8 Å². The Hall–Kier alpha value is -3.83. The fourth-order valence-corrected chi connectivity index (χ4v) is 4.61. The van der Waals surface area contributed by atoms with Crippen LogP contribution in [0.2, 0.25) is 0 Å². The molecule has 0 saturated heterocycles. The summed E-state index contributed by atoms with van der Waals surface area (Å²) in [7, 11) is 0. The van der Waals surface area contributed by atoms with Gasteiger partial charge in [-0.3, -0.25) is 9.69 Å². The van der Waals surface area contributed by atoms with Crippen LogP contribution < -0.4 is 5.32 Å². The summed E-state index contributed by atoms with van der Waals surface area (Å²) >= 11 is 1.75. The molecule has 4 aromatic rings. The van der Waals surface area contributed by atoms with E-state index in [1.807, 2.05) is 91.9 Å².